The van der Waals surface area contributed by atoms with Gasteiger partial charge in [-0.3, -0.25) is 14.7 Å². The zero-order valence-electron chi connectivity index (χ0n) is 9.28. The molecule has 16 heavy (non-hydrogen) atoms. The number of rotatable bonds is 1. The lowest BCUT2D eigenvalue weighted by atomic mass is 9.98. The second-order valence-electron chi connectivity index (χ2n) is 4.26. The van der Waals surface area contributed by atoms with Crippen molar-refractivity contribution in [1.29, 1.82) is 0 Å². The summed E-state index contributed by atoms with van der Waals surface area (Å²) in [4.78, 5) is 25.3. The maximum atomic E-state index is 12.1. The second kappa shape index (κ2) is 3.62. The van der Waals surface area contributed by atoms with Crippen LogP contribution in [-0.4, -0.2) is 45.5 Å². The van der Waals surface area contributed by atoms with Gasteiger partial charge in [-0.2, -0.15) is 5.10 Å². The number of amides is 2. The van der Waals surface area contributed by atoms with E-state index >= 15 is 0 Å². The summed E-state index contributed by atoms with van der Waals surface area (Å²) in [6.07, 6.45) is 3.00. The minimum Gasteiger partial charge on any atom is -0.352 e. The molecule has 2 amide bonds. The molecule has 1 aliphatic heterocycles. The molecule has 6 heteroatoms. The first kappa shape index (κ1) is 10.7. The number of carbonyl (C=O) groups is 2. The predicted octanol–water partition coefficient (Wildman–Crippen LogP) is -0.240. The molecule has 0 saturated carbocycles. The number of hydrogen-bond acceptors (Lipinski definition) is 3. The van der Waals surface area contributed by atoms with Crippen molar-refractivity contribution in [1.82, 2.24) is 20.4 Å². The fourth-order valence-corrected chi connectivity index (χ4v) is 1.78. The van der Waals surface area contributed by atoms with Crippen LogP contribution in [0.3, 0.4) is 0 Å². The third-order valence-corrected chi connectivity index (χ3v) is 2.84. The van der Waals surface area contributed by atoms with Crippen LogP contribution >= 0.6 is 0 Å². The average molecular weight is 222 g/mol. The van der Waals surface area contributed by atoms with Crippen LogP contribution in [0.1, 0.15) is 24.2 Å². The molecule has 0 aromatic carbocycles. The van der Waals surface area contributed by atoms with Crippen LogP contribution in [0.2, 0.25) is 0 Å². The molecule has 86 valence electrons. The smallest absolute Gasteiger partial charge is 0.257 e. The maximum Gasteiger partial charge on any atom is 0.257 e. The highest BCUT2D eigenvalue weighted by molar-refractivity contribution is 5.99. The Labute approximate surface area is 93.0 Å². The number of hydrogen-bond donors (Lipinski definition) is 2. The van der Waals surface area contributed by atoms with Gasteiger partial charge in [0.05, 0.1) is 11.8 Å². The van der Waals surface area contributed by atoms with Gasteiger partial charge >= 0.3 is 0 Å². The van der Waals surface area contributed by atoms with Crippen LogP contribution < -0.4 is 5.32 Å². The number of nitrogens with one attached hydrogen (secondary N) is 2. The van der Waals surface area contributed by atoms with E-state index in [0.29, 0.717) is 18.7 Å². The minimum absolute atomic E-state index is 0.129. The third kappa shape index (κ3) is 1.56. The molecule has 6 nitrogen and oxygen atoms in total. The summed E-state index contributed by atoms with van der Waals surface area (Å²) in [7, 11) is 0. The summed E-state index contributed by atoms with van der Waals surface area (Å²) in [5.74, 6) is -0.302. The number of aromatic nitrogens is 2. The number of piperazine rings is 1. The van der Waals surface area contributed by atoms with Crippen molar-refractivity contribution in [2.24, 2.45) is 0 Å². The molecule has 0 aliphatic carbocycles. The van der Waals surface area contributed by atoms with Gasteiger partial charge in [0.1, 0.15) is 5.54 Å². The maximum absolute atomic E-state index is 12.1. The Kier molecular flexibility index (Phi) is 2.41. The van der Waals surface area contributed by atoms with Gasteiger partial charge < -0.3 is 10.2 Å². The van der Waals surface area contributed by atoms with E-state index in [-0.39, 0.29) is 11.8 Å². The summed E-state index contributed by atoms with van der Waals surface area (Å²) in [6.45, 7) is 4.48. The average Bonchev–Trinajstić information content (AvgIpc) is 2.74. The summed E-state index contributed by atoms with van der Waals surface area (Å²) < 4.78 is 0. The highest BCUT2D eigenvalue weighted by Crippen LogP contribution is 2.20. The van der Waals surface area contributed by atoms with Gasteiger partial charge in [-0.1, -0.05) is 0 Å². The van der Waals surface area contributed by atoms with Crippen LogP contribution in [-0.2, 0) is 4.79 Å². The predicted molar refractivity (Wildman–Crippen MR) is 56.7 cm³/mol. The van der Waals surface area contributed by atoms with Crippen LogP contribution in [0.5, 0.6) is 0 Å². The quantitative estimate of drug-likeness (QED) is 0.688. The number of nitrogens with zero attached hydrogens (tertiary/aromatic N) is 2. The van der Waals surface area contributed by atoms with Crippen LogP contribution in [0.4, 0.5) is 0 Å². The molecular weight excluding hydrogens is 208 g/mol. The summed E-state index contributed by atoms with van der Waals surface area (Å²) in [5.41, 5.74) is -0.338. The highest BCUT2D eigenvalue weighted by atomic mass is 16.2. The largest absolute Gasteiger partial charge is 0.352 e. The van der Waals surface area contributed by atoms with Gasteiger partial charge in [0.2, 0.25) is 5.91 Å². The van der Waals surface area contributed by atoms with Gasteiger partial charge in [-0.25, -0.2) is 0 Å². The van der Waals surface area contributed by atoms with Gasteiger partial charge in [-0.05, 0) is 13.8 Å². The normalized spacial score (nSPS) is 19.4. The number of aromatic amines is 1. The molecule has 2 rings (SSSR count). The van der Waals surface area contributed by atoms with E-state index in [2.05, 4.69) is 15.5 Å². The van der Waals surface area contributed by atoms with Crippen molar-refractivity contribution in [2.45, 2.75) is 19.4 Å². The highest BCUT2D eigenvalue weighted by Gasteiger charge is 2.40. The van der Waals surface area contributed by atoms with Gasteiger partial charge in [0, 0.05) is 19.3 Å². The Hall–Kier alpha value is -1.85. The molecular formula is C10H14N4O2. The van der Waals surface area contributed by atoms with E-state index in [1.807, 2.05) is 0 Å². The van der Waals surface area contributed by atoms with Crippen molar-refractivity contribution in [2.75, 3.05) is 13.1 Å². The molecule has 1 aromatic heterocycles. The van der Waals surface area contributed by atoms with E-state index in [1.54, 1.807) is 18.7 Å². The molecule has 0 atom stereocenters. The van der Waals surface area contributed by atoms with Gasteiger partial charge in [0.15, 0.2) is 0 Å². The molecule has 0 radical (unpaired) electrons. The van der Waals surface area contributed by atoms with Crippen molar-refractivity contribution in [3.8, 4) is 0 Å². The zero-order chi connectivity index (χ0) is 11.8. The first-order valence-corrected chi connectivity index (χ1v) is 5.12. The Bertz CT molecular complexity index is 410. The Morgan fingerprint density at radius 3 is 2.94 bits per heavy atom. The van der Waals surface area contributed by atoms with Crippen LogP contribution in [0.15, 0.2) is 12.4 Å². The van der Waals surface area contributed by atoms with Crippen molar-refractivity contribution < 1.29 is 9.59 Å². The lowest BCUT2D eigenvalue weighted by molar-refractivity contribution is -0.133. The zero-order valence-corrected chi connectivity index (χ0v) is 9.28. The standard InChI is InChI=1S/C10H14N4O2/c1-10(2)9(16)11-3-4-14(10)8(15)7-5-12-13-6-7/h5-6H,3-4H2,1-2H3,(H,11,16)(H,12,13). The Balaban J connectivity index is 2.26. The van der Waals surface area contributed by atoms with Crippen molar-refractivity contribution in [3.63, 3.8) is 0 Å². The molecule has 0 unspecified atom stereocenters. The number of carbonyl (C=O) groups excluding carboxylic acids is 2. The van der Waals surface area contributed by atoms with E-state index < -0.39 is 5.54 Å². The fourth-order valence-electron chi connectivity index (χ4n) is 1.78. The minimum atomic E-state index is -0.813. The number of H-pyrrole nitrogens is 1. The molecule has 0 bridgehead atoms. The first-order valence-electron chi connectivity index (χ1n) is 5.12. The molecule has 1 saturated heterocycles. The van der Waals surface area contributed by atoms with E-state index in [9.17, 15) is 9.59 Å². The van der Waals surface area contributed by atoms with Crippen molar-refractivity contribution >= 4 is 11.8 Å². The summed E-state index contributed by atoms with van der Waals surface area (Å²) in [6, 6.07) is 0. The molecule has 2 heterocycles. The summed E-state index contributed by atoms with van der Waals surface area (Å²) in [5, 5.41) is 9.07. The second-order valence-corrected chi connectivity index (χ2v) is 4.26. The topological polar surface area (TPSA) is 78.1 Å². The van der Waals surface area contributed by atoms with Gasteiger partial charge in [-0.15, -0.1) is 0 Å². The Morgan fingerprint density at radius 2 is 2.31 bits per heavy atom. The SMILES string of the molecule is CC1(C)C(=O)NCCN1C(=O)c1cn[nH]c1. The summed E-state index contributed by atoms with van der Waals surface area (Å²) >= 11 is 0. The first-order chi connectivity index (χ1) is 7.53. The molecule has 2 N–H and O–H groups in total. The van der Waals surface area contributed by atoms with E-state index in [0.717, 1.165) is 0 Å². The fraction of sp³-hybridized carbons (Fsp3) is 0.500. The molecule has 1 fully saturated rings. The van der Waals surface area contributed by atoms with E-state index in [1.165, 1.54) is 12.4 Å². The van der Waals surface area contributed by atoms with Crippen LogP contribution in [0, 0.1) is 0 Å². The van der Waals surface area contributed by atoms with Crippen molar-refractivity contribution in [3.05, 3.63) is 18.0 Å². The Morgan fingerprint density at radius 1 is 1.56 bits per heavy atom. The lowest BCUT2D eigenvalue weighted by Gasteiger charge is -2.40. The molecule has 1 aromatic rings. The molecule has 1 aliphatic rings. The van der Waals surface area contributed by atoms with Crippen LogP contribution in [0.25, 0.3) is 0 Å². The monoisotopic (exact) mass is 222 g/mol. The molecule has 0 spiro atoms. The lowest BCUT2D eigenvalue weighted by Crippen LogP contribution is -2.63. The van der Waals surface area contributed by atoms with Gasteiger partial charge in [0.25, 0.3) is 5.91 Å². The third-order valence-electron chi connectivity index (χ3n) is 2.84. The van der Waals surface area contributed by atoms with E-state index in [4.69, 9.17) is 0 Å².